The van der Waals surface area contributed by atoms with Crippen molar-refractivity contribution in [1.29, 1.82) is 0 Å². The first-order chi connectivity index (χ1) is 14.8. The lowest BCUT2D eigenvalue weighted by molar-refractivity contribution is -0.138. The standard InChI is InChI=1S/C22H36N2O6S/c1-2-3-16-31(28,29)23-21(22(25)26)17-19-7-9-20(10-8-19)30-15-5-4-6-18-11-13-24(27)14-12-18/h7-10,18,21,23,27H,2-6,11-17H2,1H3,(H,25,26). The van der Waals surface area contributed by atoms with Gasteiger partial charge in [-0.2, -0.15) is 5.06 Å². The Hall–Kier alpha value is -1.68. The van der Waals surface area contributed by atoms with E-state index in [0.717, 1.165) is 57.2 Å². The van der Waals surface area contributed by atoms with Crippen molar-refractivity contribution in [2.24, 2.45) is 5.92 Å². The number of hydrogen-bond acceptors (Lipinski definition) is 6. The first-order valence-corrected chi connectivity index (χ1v) is 12.8. The summed E-state index contributed by atoms with van der Waals surface area (Å²) in [7, 11) is -3.62. The Morgan fingerprint density at radius 3 is 2.48 bits per heavy atom. The fourth-order valence-electron chi connectivity index (χ4n) is 3.68. The highest BCUT2D eigenvalue weighted by molar-refractivity contribution is 7.89. The molecule has 9 heteroatoms. The van der Waals surface area contributed by atoms with Gasteiger partial charge in [0.25, 0.3) is 0 Å². The Kier molecular flexibility index (Phi) is 10.7. The van der Waals surface area contributed by atoms with Crippen molar-refractivity contribution in [3.63, 3.8) is 0 Å². The molecule has 1 fully saturated rings. The van der Waals surface area contributed by atoms with Gasteiger partial charge in [0.1, 0.15) is 11.8 Å². The van der Waals surface area contributed by atoms with Crippen LogP contribution in [0.5, 0.6) is 5.75 Å². The van der Waals surface area contributed by atoms with Crippen LogP contribution >= 0.6 is 0 Å². The van der Waals surface area contributed by atoms with Crippen molar-refractivity contribution < 1.29 is 28.3 Å². The largest absolute Gasteiger partial charge is 0.494 e. The van der Waals surface area contributed by atoms with Gasteiger partial charge in [0.2, 0.25) is 10.0 Å². The van der Waals surface area contributed by atoms with Crippen LogP contribution in [0.2, 0.25) is 0 Å². The van der Waals surface area contributed by atoms with Crippen LogP contribution in [0, 0.1) is 5.92 Å². The molecule has 8 nitrogen and oxygen atoms in total. The molecule has 0 aromatic heterocycles. The second-order valence-electron chi connectivity index (χ2n) is 8.27. The average Bonchev–Trinajstić information content (AvgIpc) is 2.74. The number of rotatable bonds is 14. The van der Waals surface area contributed by atoms with Gasteiger partial charge in [-0.05, 0) is 62.1 Å². The van der Waals surface area contributed by atoms with Gasteiger partial charge in [0.05, 0.1) is 12.4 Å². The van der Waals surface area contributed by atoms with E-state index in [4.69, 9.17) is 4.74 Å². The number of nitrogens with one attached hydrogen (secondary N) is 1. The van der Waals surface area contributed by atoms with E-state index in [1.807, 2.05) is 6.92 Å². The molecule has 3 N–H and O–H groups in total. The highest BCUT2D eigenvalue weighted by Gasteiger charge is 2.24. The smallest absolute Gasteiger partial charge is 0.322 e. The maximum atomic E-state index is 12.0. The summed E-state index contributed by atoms with van der Waals surface area (Å²) in [5.41, 5.74) is 0.730. The maximum Gasteiger partial charge on any atom is 0.322 e. The molecule has 2 rings (SSSR count). The van der Waals surface area contributed by atoms with E-state index in [0.29, 0.717) is 24.7 Å². The number of ether oxygens (including phenoxy) is 1. The Labute approximate surface area is 185 Å². The van der Waals surface area contributed by atoms with E-state index in [-0.39, 0.29) is 12.2 Å². The Morgan fingerprint density at radius 1 is 1.19 bits per heavy atom. The molecule has 1 aliphatic rings. The number of hydrogen-bond donors (Lipinski definition) is 3. The molecule has 1 aliphatic heterocycles. The molecule has 1 atom stereocenters. The topological polar surface area (TPSA) is 116 Å². The number of hydroxylamine groups is 2. The first kappa shape index (κ1) is 25.6. The highest BCUT2D eigenvalue weighted by Crippen LogP contribution is 2.22. The van der Waals surface area contributed by atoms with Gasteiger partial charge in [-0.1, -0.05) is 31.9 Å². The molecule has 0 radical (unpaired) electrons. The van der Waals surface area contributed by atoms with Crippen molar-refractivity contribution in [1.82, 2.24) is 9.79 Å². The summed E-state index contributed by atoms with van der Waals surface area (Å²) >= 11 is 0. The number of carboxylic acids is 1. The van der Waals surface area contributed by atoms with Gasteiger partial charge in [0.15, 0.2) is 0 Å². The average molecular weight is 457 g/mol. The second-order valence-corrected chi connectivity index (χ2v) is 10.1. The summed E-state index contributed by atoms with van der Waals surface area (Å²) < 4.78 is 32.1. The van der Waals surface area contributed by atoms with Crippen LogP contribution in [0.1, 0.15) is 57.4 Å². The third-order valence-electron chi connectivity index (χ3n) is 5.62. The van der Waals surface area contributed by atoms with Crippen LogP contribution in [0.15, 0.2) is 24.3 Å². The summed E-state index contributed by atoms with van der Waals surface area (Å²) in [4.78, 5) is 11.5. The summed E-state index contributed by atoms with van der Waals surface area (Å²) in [6.07, 6.45) is 6.59. The van der Waals surface area contributed by atoms with Crippen molar-refractivity contribution >= 4 is 16.0 Å². The molecule has 0 amide bonds. The number of unbranched alkanes of at least 4 members (excludes halogenated alkanes) is 2. The molecule has 1 heterocycles. The number of benzene rings is 1. The molecule has 1 unspecified atom stereocenters. The third kappa shape index (κ3) is 9.99. The molecule has 1 saturated heterocycles. The van der Waals surface area contributed by atoms with Gasteiger partial charge in [-0.3, -0.25) is 4.79 Å². The van der Waals surface area contributed by atoms with Gasteiger partial charge >= 0.3 is 5.97 Å². The van der Waals surface area contributed by atoms with Crippen LogP contribution < -0.4 is 9.46 Å². The molecule has 0 aliphatic carbocycles. The lowest BCUT2D eigenvalue weighted by Crippen LogP contribution is -2.43. The molecule has 1 aromatic rings. The van der Waals surface area contributed by atoms with Gasteiger partial charge in [-0.25, -0.2) is 13.1 Å². The quantitative estimate of drug-likeness (QED) is 0.368. The molecule has 1 aromatic carbocycles. The highest BCUT2D eigenvalue weighted by atomic mass is 32.2. The van der Waals surface area contributed by atoms with Crippen LogP contribution in [0.25, 0.3) is 0 Å². The van der Waals surface area contributed by atoms with E-state index >= 15 is 0 Å². The monoisotopic (exact) mass is 456 g/mol. The number of aliphatic carboxylic acids is 1. The number of piperidine rings is 1. The zero-order valence-corrected chi connectivity index (χ0v) is 19.1. The normalized spacial score (nSPS) is 16.8. The van der Waals surface area contributed by atoms with Crippen LogP contribution in [0.4, 0.5) is 0 Å². The molecule has 0 saturated carbocycles. The first-order valence-electron chi connectivity index (χ1n) is 11.2. The zero-order chi connectivity index (χ0) is 22.7. The van der Waals surface area contributed by atoms with E-state index in [9.17, 15) is 23.5 Å². The summed E-state index contributed by atoms with van der Waals surface area (Å²) in [5.74, 6) is 0.141. The minimum Gasteiger partial charge on any atom is -0.494 e. The van der Waals surface area contributed by atoms with Crippen molar-refractivity contribution in [2.45, 2.75) is 64.3 Å². The lowest BCUT2D eigenvalue weighted by Gasteiger charge is -2.27. The van der Waals surface area contributed by atoms with Gasteiger partial charge < -0.3 is 15.1 Å². The third-order valence-corrected chi connectivity index (χ3v) is 7.09. The Balaban J connectivity index is 1.72. The molecule has 0 bridgehead atoms. The summed E-state index contributed by atoms with van der Waals surface area (Å²) in [6, 6.07) is 5.93. The minimum absolute atomic E-state index is 0.0688. The molecule has 31 heavy (non-hydrogen) atoms. The van der Waals surface area contributed by atoms with Crippen LogP contribution in [-0.2, 0) is 21.2 Å². The number of carbonyl (C=O) groups is 1. The minimum atomic E-state index is -3.62. The number of nitrogens with zero attached hydrogens (tertiary/aromatic N) is 1. The predicted octanol–water partition coefficient (Wildman–Crippen LogP) is 3.05. The van der Waals surface area contributed by atoms with Crippen LogP contribution in [0.3, 0.4) is 0 Å². The van der Waals surface area contributed by atoms with E-state index in [1.54, 1.807) is 24.3 Å². The van der Waals surface area contributed by atoms with Crippen LogP contribution in [-0.4, -0.2) is 61.3 Å². The molecule has 0 spiro atoms. The number of carboxylic acid groups (broad SMARTS) is 1. The van der Waals surface area contributed by atoms with Gasteiger partial charge in [-0.15, -0.1) is 0 Å². The lowest BCUT2D eigenvalue weighted by atomic mass is 9.92. The Bertz CT molecular complexity index is 761. The second kappa shape index (κ2) is 13.0. The van der Waals surface area contributed by atoms with Crippen molar-refractivity contribution in [2.75, 3.05) is 25.4 Å². The van der Waals surface area contributed by atoms with Crippen molar-refractivity contribution in [3.8, 4) is 5.75 Å². The Morgan fingerprint density at radius 2 is 1.87 bits per heavy atom. The van der Waals surface area contributed by atoms with E-state index < -0.39 is 22.0 Å². The SMILES string of the molecule is CCCCS(=O)(=O)NC(Cc1ccc(OCCCCC2CCN(O)CC2)cc1)C(=O)O. The molecular formula is C22H36N2O6S. The summed E-state index contributed by atoms with van der Waals surface area (Å²) in [6.45, 7) is 4.02. The van der Waals surface area contributed by atoms with Crippen molar-refractivity contribution in [3.05, 3.63) is 29.8 Å². The number of sulfonamides is 1. The summed E-state index contributed by atoms with van der Waals surface area (Å²) in [5, 5.41) is 20.2. The fraction of sp³-hybridized carbons (Fsp3) is 0.682. The van der Waals surface area contributed by atoms with E-state index in [2.05, 4.69) is 4.72 Å². The van der Waals surface area contributed by atoms with Gasteiger partial charge in [0, 0.05) is 13.1 Å². The predicted molar refractivity (Wildman–Crippen MR) is 119 cm³/mol. The molecular weight excluding hydrogens is 420 g/mol. The van der Waals surface area contributed by atoms with E-state index in [1.165, 1.54) is 5.06 Å². The fourth-order valence-corrected chi connectivity index (χ4v) is 5.08. The maximum absolute atomic E-state index is 12.0. The molecule has 176 valence electrons. The zero-order valence-electron chi connectivity index (χ0n) is 18.3.